The van der Waals surface area contributed by atoms with Gasteiger partial charge < -0.3 is 9.73 Å². The van der Waals surface area contributed by atoms with E-state index < -0.39 is 0 Å². The van der Waals surface area contributed by atoms with Crippen LogP contribution in [0, 0.1) is 3.77 Å². The first-order chi connectivity index (χ1) is 8.74. The number of furan rings is 1. The van der Waals surface area contributed by atoms with E-state index in [0.29, 0.717) is 12.3 Å². The molecule has 0 aromatic carbocycles. The minimum Gasteiger partial charge on any atom is -0.451 e. The molecule has 0 fully saturated rings. The van der Waals surface area contributed by atoms with E-state index in [4.69, 9.17) is 4.42 Å². The van der Waals surface area contributed by atoms with E-state index in [9.17, 15) is 4.79 Å². The van der Waals surface area contributed by atoms with Crippen molar-refractivity contribution >= 4 is 34.6 Å². The minimum absolute atomic E-state index is 0.162. The van der Waals surface area contributed by atoms with Gasteiger partial charge in [0.2, 0.25) is 5.91 Å². The summed E-state index contributed by atoms with van der Waals surface area (Å²) in [4.78, 5) is 15.5. The highest BCUT2D eigenvalue weighted by atomic mass is 127. The summed E-state index contributed by atoms with van der Waals surface area (Å²) < 4.78 is 6.10. The van der Waals surface area contributed by atoms with Gasteiger partial charge in [-0.05, 0) is 52.4 Å². The molecule has 2 aromatic heterocycles. The number of carbonyl (C=O) groups is 1. The summed E-state index contributed by atoms with van der Waals surface area (Å²) in [6, 6.07) is 7.40. The zero-order chi connectivity index (χ0) is 12.8. The number of carbonyl (C=O) groups excluding carboxylic acids is 1. The second-order valence-corrected chi connectivity index (χ2v) is 4.62. The van der Waals surface area contributed by atoms with Gasteiger partial charge in [0.1, 0.15) is 5.76 Å². The molecule has 0 saturated carbocycles. The number of nitrogens with zero attached hydrogens (tertiary/aromatic N) is 1. The van der Waals surface area contributed by atoms with E-state index in [1.165, 1.54) is 6.08 Å². The first-order valence-electron chi connectivity index (χ1n) is 5.34. The average molecular weight is 354 g/mol. The van der Waals surface area contributed by atoms with Gasteiger partial charge in [-0.25, -0.2) is 0 Å². The predicted octanol–water partition coefficient (Wildman–Crippen LogP) is 2.61. The van der Waals surface area contributed by atoms with E-state index >= 15 is 0 Å². The molecule has 0 aliphatic rings. The molecule has 2 rings (SSSR count). The van der Waals surface area contributed by atoms with Gasteiger partial charge in [-0.15, -0.1) is 0 Å². The highest BCUT2D eigenvalue weighted by Crippen LogP contribution is 2.11. The van der Waals surface area contributed by atoms with Crippen molar-refractivity contribution in [1.82, 2.24) is 10.3 Å². The Morgan fingerprint density at radius 3 is 3.00 bits per heavy atom. The maximum absolute atomic E-state index is 11.5. The molecule has 0 bridgehead atoms. The Morgan fingerprint density at radius 2 is 2.33 bits per heavy atom. The lowest BCUT2D eigenvalue weighted by atomic mass is 10.3. The predicted molar refractivity (Wildman–Crippen MR) is 76.5 cm³/mol. The fraction of sp³-hybridized carbons (Fsp3) is 0.0769. The number of halogens is 1. The molecule has 4 nitrogen and oxygen atoms in total. The van der Waals surface area contributed by atoms with Crippen molar-refractivity contribution in [1.29, 1.82) is 0 Å². The van der Waals surface area contributed by atoms with Crippen LogP contribution in [-0.4, -0.2) is 10.9 Å². The summed E-state index contributed by atoms with van der Waals surface area (Å²) in [7, 11) is 0. The second kappa shape index (κ2) is 6.34. The third kappa shape index (κ3) is 3.99. The molecule has 1 amide bonds. The molecule has 0 atom stereocenters. The first-order valence-corrected chi connectivity index (χ1v) is 6.42. The van der Waals surface area contributed by atoms with Crippen LogP contribution in [0.5, 0.6) is 0 Å². The van der Waals surface area contributed by atoms with Crippen LogP contribution < -0.4 is 5.32 Å². The number of pyridine rings is 1. The summed E-state index contributed by atoms with van der Waals surface area (Å²) in [6.07, 6.45) is 6.51. The van der Waals surface area contributed by atoms with Crippen LogP contribution in [0.25, 0.3) is 6.08 Å². The maximum atomic E-state index is 11.5. The van der Waals surface area contributed by atoms with Crippen LogP contribution in [-0.2, 0) is 11.3 Å². The van der Waals surface area contributed by atoms with E-state index in [1.54, 1.807) is 18.5 Å². The number of nitrogens with one attached hydrogen (secondary N) is 1. The molecular weight excluding hydrogens is 343 g/mol. The zero-order valence-electron chi connectivity index (χ0n) is 9.47. The third-order valence-electron chi connectivity index (χ3n) is 2.18. The lowest BCUT2D eigenvalue weighted by Crippen LogP contribution is -2.20. The molecule has 0 saturated heterocycles. The Kier molecular flexibility index (Phi) is 4.52. The normalized spacial score (nSPS) is 10.7. The van der Waals surface area contributed by atoms with Crippen molar-refractivity contribution < 1.29 is 9.21 Å². The molecule has 18 heavy (non-hydrogen) atoms. The maximum Gasteiger partial charge on any atom is 0.244 e. The van der Waals surface area contributed by atoms with E-state index in [0.717, 1.165) is 9.33 Å². The summed E-state index contributed by atoms with van der Waals surface area (Å²) in [5, 5.41) is 2.77. The highest BCUT2D eigenvalue weighted by molar-refractivity contribution is 14.1. The number of hydrogen-bond acceptors (Lipinski definition) is 3. The van der Waals surface area contributed by atoms with Crippen molar-refractivity contribution in [3.8, 4) is 0 Å². The van der Waals surface area contributed by atoms with Crippen molar-refractivity contribution in [3.63, 3.8) is 0 Å². The topological polar surface area (TPSA) is 55.1 Å². The van der Waals surface area contributed by atoms with Crippen LogP contribution >= 0.6 is 22.6 Å². The smallest absolute Gasteiger partial charge is 0.244 e. The fourth-order valence-corrected chi connectivity index (χ4v) is 1.76. The van der Waals surface area contributed by atoms with Crippen LogP contribution in [0.1, 0.15) is 11.3 Å². The van der Waals surface area contributed by atoms with Gasteiger partial charge in [0.05, 0.1) is 0 Å². The molecule has 92 valence electrons. The Hall–Kier alpha value is -1.63. The van der Waals surface area contributed by atoms with Gasteiger partial charge in [-0.1, -0.05) is 6.07 Å². The highest BCUT2D eigenvalue weighted by Gasteiger charge is 1.98. The second-order valence-electron chi connectivity index (χ2n) is 3.55. The Bertz CT molecular complexity index is 549. The van der Waals surface area contributed by atoms with Gasteiger partial charge in [-0.3, -0.25) is 9.78 Å². The summed E-state index contributed by atoms with van der Waals surface area (Å²) >= 11 is 2.07. The Balaban J connectivity index is 1.84. The zero-order valence-corrected chi connectivity index (χ0v) is 11.6. The molecule has 5 heteroatoms. The monoisotopic (exact) mass is 354 g/mol. The molecular formula is C13H11IN2O2. The summed E-state index contributed by atoms with van der Waals surface area (Å²) in [6.45, 7) is 0.465. The number of aromatic nitrogens is 1. The van der Waals surface area contributed by atoms with Crippen molar-refractivity contribution in [2.45, 2.75) is 6.54 Å². The summed E-state index contributed by atoms with van der Waals surface area (Å²) in [5.74, 6) is 0.501. The van der Waals surface area contributed by atoms with Crippen molar-refractivity contribution in [3.05, 3.63) is 57.8 Å². The van der Waals surface area contributed by atoms with Crippen molar-refractivity contribution in [2.24, 2.45) is 0 Å². The van der Waals surface area contributed by atoms with E-state index in [2.05, 4.69) is 32.9 Å². The molecule has 2 aromatic rings. The first kappa shape index (κ1) is 12.8. The fourth-order valence-electron chi connectivity index (χ4n) is 1.33. The van der Waals surface area contributed by atoms with Crippen LogP contribution in [0.15, 0.2) is 47.2 Å². The molecule has 1 N–H and O–H groups in total. The molecule has 0 radical (unpaired) electrons. The standard InChI is InChI=1S/C13H11IN2O2/c14-12-5-3-11(18-12)4-6-13(17)16-9-10-2-1-7-15-8-10/h1-8H,9H2,(H,16,17). The number of hydrogen-bond donors (Lipinski definition) is 1. The largest absolute Gasteiger partial charge is 0.451 e. The van der Waals surface area contributed by atoms with Gasteiger partial charge in [-0.2, -0.15) is 0 Å². The molecule has 0 unspecified atom stereocenters. The average Bonchev–Trinajstić information content (AvgIpc) is 2.81. The molecule has 0 spiro atoms. The van der Waals surface area contributed by atoms with Gasteiger partial charge >= 0.3 is 0 Å². The quantitative estimate of drug-likeness (QED) is 0.678. The number of amides is 1. The van der Waals surface area contributed by atoms with Crippen LogP contribution in [0.2, 0.25) is 0 Å². The lowest BCUT2D eigenvalue weighted by molar-refractivity contribution is -0.116. The third-order valence-corrected chi connectivity index (χ3v) is 2.76. The Morgan fingerprint density at radius 1 is 1.44 bits per heavy atom. The van der Waals surface area contributed by atoms with E-state index in [-0.39, 0.29) is 5.91 Å². The molecule has 0 aliphatic carbocycles. The van der Waals surface area contributed by atoms with Gasteiger partial charge in [0.25, 0.3) is 0 Å². The van der Waals surface area contributed by atoms with E-state index in [1.807, 2.05) is 24.3 Å². The van der Waals surface area contributed by atoms with Gasteiger partial charge in [0, 0.05) is 25.0 Å². The number of rotatable bonds is 4. The van der Waals surface area contributed by atoms with Crippen LogP contribution in [0.3, 0.4) is 0 Å². The SMILES string of the molecule is O=C(C=Cc1ccc(I)o1)NCc1cccnc1. The summed E-state index contributed by atoms with van der Waals surface area (Å²) in [5.41, 5.74) is 0.965. The van der Waals surface area contributed by atoms with Crippen LogP contribution in [0.4, 0.5) is 0 Å². The lowest BCUT2D eigenvalue weighted by Gasteiger charge is -2.00. The molecule has 0 aliphatic heterocycles. The molecule has 2 heterocycles. The van der Waals surface area contributed by atoms with Crippen molar-refractivity contribution in [2.75, 3.05) is 0 Å². The Labute approximate surface area is 118 Å². The minimum atomic E-state index is -0.162. The van der Waals surface area contributed by atoms with Gasteiger partial charge in [0.15, 0.2) is 3.77 Å².